The van der Waals surface area contributed by atoms with Crippen molar-refractivity contribution in [1.82, 2.24) is 20.0 Å². The first-order chi connectivity index (χ1) is 13.3. The smallest absolute Gasteiger partial charge is 0.277 e. The number of carbonyl (C=O) groups excluding carboxylic acids is 1. The number of hydrogen-bond donors (Lipinski definition) is 2. The minimum absolute atomic E-state index is 0.0343. The van der Waals surface area contributed by atoms with E-state index in [0.29, 0.717) is 18.7 Å². The van der Waals surface area contributed by atoms with Crippen molar-refractivity contribution in [3.05, 3.63) is 46.2 Å². The van der Waals surface area contributed by atoms with Crippen LogP contribution in [-0.4, -0.2) is 34.3 Å². The number of aryl methyl sites for hydroxylation is 2. The maximum atomic E-state index is 12.4. The van der Waals surface area contributed by atoms with E-state index in [1.54, 1.807) is 10.9 Å². The van der Waals surface area contributed by atoms with Gasteiger partial charge in [-0.1, -0.05) is 29.9 Å². The molecule has 9 nitrogen and oxygen atoms in total. The van der Waals surface area contributed by atoms with Crippen molar-refractivity contribution in [3.63, 3.8) is 0 Å². The SMILES string of the molecule is CCc1nnc(NS(=O)(=O)c2ccc(NC(=O)c3nn(CC)cc3Cl)cc2)s1. The summed E-state index contributed by atoms with van der Waals surface area (Å²) in [6.07, 6.45) is 2.24. The summed E-state index contributed by atoms with van der Waals surface area (Å²) in [5.74, 6) is -0.480. The van der Waals surface area contributed by atoms with Crippen molar-refractivity contribution in [1.29, 1.82) is 0 Å². The molecule has 0 bridgehead atoms. The van der Waals surface area contributed by atoms with E-state index in [0.717, 1.165) is 5.01 Å². The summed E-state index contributed by atoms with van der Waals surface area (Å²) in [7, 11) is -3.80. The molecule has 12 heteroatoms. The lowest BCUT2D eigenvalue weighted by molar-refractivity contribution is 0.102. The topological polar surface area (TPSA) is 119 Å². The maximum absolute atomic E-state index is 12.4. The number of nitrogens with zero attached hydrogens (tertiary/aromatic N) is 4. The van der Waals surface area contributed by atoms with Gasteiger partial charge in [0, 0.05) is 18.4 Å². The van der Waals surface area contributed by atoms with Gasteiger partial charge in [-0.25, -0.2) is 8.42 Å². The first-order valence-corrected chi connectivity index (χ1v) is 11.0. The Morgan fingerprint density at radius 1 is 1.21 bits per heavy atom. The Bertz CT molecular complexity index is 1090. The number of amides is 1. The van der Waals surface area contributed by atoms with Crippen LogP contribution in [0.1, 0.15) is 29.3 Å². The van der Waals surface area contributed by atoms with Crippen LogP contribution in [0.2, 0.25) is 5.02 Å². The fourth-order valence-electron chi connectivity index (χ4n) is 2.23. The molecule has 148 valence electrons. The van der Waals surface area contributed by atoms with Crippen molar-refractivity contribution in [2.75, 3.05) is 10.0 Å². The Balaban J connectivity index is 1.71. The summed E-state index contributed by atoms with van der Waals surface area (Å²) in [4.78, 5) is 12.3. The molecule has 0 aliphatic carbocycles. The summed E-state index contributed by atoms with van der Waals surface area (Å²) in [6.45, 7) is 4.37. The number of halogens is 1. The van der Waals surface area contributed by atoms with E-state index in [1.165, 1.54) is 35.6 Å². The fourth-order valence-corrected chi connectivity index (χ4v) is 4.38. The van der Waals surface area contributed by atoms with Gasteiger partial charge in [0.1, 0.15) is 5.01 Å². The summed E-state index contributed by atoms with van der Waals surface area (Å²) in [6, 6.07) is 5.72. The molecule has 2 heterocycles. The number of sulfonamides is 1. The Labute approximate surface area is 170 Å². The predicted octanol–water partition coefficient (Wildman–Crippen LogP) is 3.02. The highest BCUT2D eigenvalue weighted by Gasteiger charge is 2.18. The molecule has 0 saturated carbocycles. The van der Waals surface area contributed by atoms with Crippen LogP contribution in [0.15, 0.2) is 35.4 Å². The first-order valence-electron chi connectivity index (χ1n) is 8.32. The molecule has 3 aromatic rings. The highest BCUT2D eigenvalue weighted by atomic mass is 35.5. The van der Waals surface area contributed by atoms with Crippen LogP contribution in [0.3, 0.4) is 0 Å². The van der Waals surface area contributed by atoms with Crippen molar-refractivity contribution < 1.29 is 13.2 Å². The van der Waals surface area contributed by atoms with E-state index in [-0.39, 0.29) is 20.7 Å². The number of carbonyl (C=O) groups is 1. The molecule has 0 aliphatic rings. The normalized spacial score (nSPS) is 11.4. The Hall–Kier alpha value is -2.50. The molecule has 1 aromatic carbocycles. The van der Waals surface area contributed by atoms with Gasteiger partial charge < -0.3 is 5.32 Å². The quantitative estimate of drug-likeness (QED) is 0.582. The van der Waals surface area contributed by atoms with Crippen LogP contribution < -0.4 is 10.0 Å². The maximum Gasteiger partial charge on any atom is 0.277 e. The van der Waals surface area contributed by atoms with E-state index in [9.17, 15) is 13.2 Å². The van der Waals surface area contributed by atoms with Gasteiger partial charge in [0.05, 0.1) is 9.92 Å². The summed E-state index contributed by atoms with van der Waals surface area (Å²) >= 11 is 7.20. The van der Waals surface area contributed by atoms with E-state index >= 15 is 0 Å². The van der Waals surface area contributed by atoms with Crippen LogP contribution in [0.5, 0.6) is 0 Å². The third-order valence-corrected chi connectivity index (χ3v) is 6.41. The highest BCUT2D eigenvalue weighted by Crippen LogP contribution is 2.22. The largest absolute Gasteiger partial charge is 0.321 e. The standard InChI is InChI=1S/C16H17ClN6O3S2/c1-3-13-19-20-16(27-13)22-28(25,26)11-7-5-10(6-8-11)18-15(24)14-12(17)9-23(4-2)21-14/h5-9H,3-4H2,1-2H3,(H,18,24)(H,20,22). The molecule has 0 radical (unpaired) electrons. The second-order valence-electron chi connectivity index (χ2n) is 5.62. The fraction of sp³-hybridized carbons (Fsp3) is 0.250. The van der Waals surface area contributed by atoms with Gasteiger partial charge in [-0.2, -0.15) is 5.10 Å². The van der Waals surface area contributed by atoms with Crippen LogP contribution in [0.4, 0.5) is 10.8 Å². The minimum Gasteiger partial charge on any atom is -0.321 e. The first kappa shape index (κ1) is 20.2. The molecule has 0 saturated heterocycles. The molecule has 28 heavy (non-hydrogen) atoms. The molecule has 0 aliphatic heterocycles. The van der Waals surface area contributed by atoms with Gasteiger partial charge in [0.25, 0.3) is 15.9 Å². The number of nitrogens with one attached hydrogen (secondary N) is 2. The second-order valence-corrected chi connectivity index (χ2v) is 8.77. The van der Waals surface area contributed by atoms with Crippen LogP contribution in [0.25, 0.3) is 0 Å². The lowest BCUT2D eigenvalue weighted by Crippen LogP contribution is -2.15. The zero-order chi connectivity index (χ0) is 20.3. The molecular weight excluding hydrogens is 424 g/mol. The molecule has 2 aromatic heterocycles. The molecule has 0 atom stereocenters. The van der Waals surface area contributed by atoms with Crippen molar-refractivity contribution in [2.45, 2.75) is 31.7 Å². The van der Waals surface area contributed by atoms with Crippen molar-refractivity contribution in [2.24, 2.45) is 0 Å². The van der Waals surface area contributed by atoms with Crippen LogP contribution in [0, 0.1) is 0 Å². The van der Waals surface area contributed by atoms with Crippen LogP contribution in [-0.2, 0) is 23.0 Å². The summed E-state index contributed by atoms with van der Waals surface area (Å²) in [5.41, 5.74) is 0.514. The van der Waals surface area contributed by atoms with Gasteiger partial charge in [-0.15, -0.1) is 10.2 Å². The van der Waals surface area contributed by atoms with Gasteiger partial charge in [-0.05, 0) is 37.6 Å². The predicted molar refractivity (Wildman–Crippen MR) is 107 cm³/mol. The average Bonchev–Trinajstić information content (AvgIpc) is 3.27. The molecule has 0 fully saturated rings. The van der Waals surface area contributed by atoms with Gasteiger partial charge >= 0.3 is 0 Å². The Morgan fingerprint density at radius 2 is 1.93 bits per heavy atom. The van der Waals surface area contributed by atoms with Gasteiger partial charge in [0.15, 0.2) is 5.69 Å². The lowest BCUT2D eigenvalue weighted by Gasteiger charge is -2.07. The molecular formula is C16H17ClN6O3S2. The molecule has 1 amide bonds. The summed E-state index contributed by atoms with van der Waals surface area (Å²) in [5, 5.41) is 15.6. The third kappa shape index (κ3) is 4.49. The monoisotopic (exact) mass is 440 g/mol. The Morgan fingerprint density at radius 3 is 2.50 bits per heavy atom. The molecule has 0 spiro atoms. The summed E-state index contributed by atoms with van der Waals surface area (Å²) < 4.78 is 28.8. The number of benzene rings is 1. The zero-order valence-corrected chi connectivity index (χ0v) is 17.4. The van der Waals surface area contributed by atoms with Gasteiger partial charge in [0.2, 0.25) is 5.13 Å². The minimum atomic E-state index is -3.80. The third-order valence-electron chi connectivity index (χ3n) is 3.67. The number of hydrogen-bond acceptors (Lipinski definition) is 7. The van der Waals surface area contributed by atoms with Crippen molar-refractivity contribution in [3.8, 4) is 0 Å². The molecule has 3 rings (SSSR count). The average molecular weight is 441 g/mol. The van der Waals surface area contributed by atoms with E-state index in [4.69, 9.17) is 11.6 Å². The Kier molecular flexibility index (Phi) is 5.96. The second kappa shape index (κ2) is 8.25. The highest BCUT2D eigenvalue weighted by molar-refractivity contribution is 7.93. The molecule has 2 N–H and O–H groups in total. The number of aromatic nitrogens is 4. The van der Waals surface area contributed by atoms with E-state index < -0.39 is 15.9 Å². The lowest BCUT2D eigenvalue weighted by atomic mass is 10.3. The van der Waals surface area contributed by atoms with E-state index in [2.05, 4.69) is 25.3 Å². The zero-order valence-electron chi connectivity index (χ0n) is 15.0. The van der Waals surface area contributed by atoms with Crippen LogP contribution >= 0.6 is 22.9 Å². The molecule has 0 unspecified atom stereocenters. The van der Waals surface area contributed by atoms with E-state index in [1.807, 2.05) is 13.8 Å². The number of rotatable bonds is 7. The van der Waals surface area contributed by atoms with Crippen molar-refractivity contribution >= 4 is 49.7 Å². The van der Waals surface area contributed by atoms with Gasteiger partial charge in [-0.3, -0.25) is 14.2 Å². The number of anilines is 2.